The first-order valence-electron chi connectivity index (χ1n) is 7.01. The summed E-state index contributed by atoms with van der Waals surface area (Å²) in [5.74, 6) is 0.173. The molecule has 2 atom stereocenters. The van der Waals surface area contributed by atoms with E-state index < -0.39 is 0 Å². The predicted octanol–water partition coefficient (Wildman–Crippen LogP) is 1.46. The Kier molecular flexibility index (Phi) is 6.56. The molecule has 0 spiro atoms. The second kappa shape index (κ2) is 7.94. The van der Waals surface area contributed by atoms with E-state index in [2.05, 4.69) is 10.4 Å². The van der Waals surface area contributed by atoms with E-state index >= 15 is 0 Å². The minimum Gasteiger partial charge on any atom is -0.354 e. The number of aryl methyl sites for hydroxylation is 1. The highest BCUT2D eigenvalue weighted by molar-refractivity contribution is 5.78. The lowest BCUT2D eigenvalue weighted by atomic mass is 10.0. The molecule has 0 aliphatic rings. The number of aromatic nitrogens is 2. The summed E-state index contributed by atoms with van der Waals surface area (Å²) in [6.07, 6.45) is 6.67. The smallest absolute Gasteiger partial charge is 0.222 e. The minimum absolute atomic E-state index is 0.0538. The maximum atomic E-state index is 11.8. The Morgan fingerprint density at radius 1 is 1.47 bits per heavy atom. The molecule has 5 heteroatoms. The summed E-state index contributed by atoms with van der Waals surface area (Å²) in [4.78, 5) is 11.8. The molecule has 108 valence electrons. The quantitative estimate of drug-likeness (QED) is 0.748. The van der Waals surface area contributed by atoms with Gasteiger partial charge in [0.2, 0.25) is 5.91 Å². The van der Waals surface area contributed by atoms with Crippen LogP contribution in [0.15, 0.2) is 12.4 Å². The zero-order valence-corrected chi connectivity index (χ0v) is 12.2. The van der Waals surface area contributed by atoms with Crippen LogP contribution in [0.2, 0.25) is 0 Å². The summed E-state index contributed by atoms with van der Waals surface area (Å²) < 4.78 is 1.84. The second-order valence-corrected chi connectivity index (χ2v) is 5.38. The number of hydrogen-bond donors (Lipinski definition) is 2. The van der Waals surface area contributed by atoms with Crippen molar-refractivity contribution < 1.29 is 4.79 Å². The van der Waals surface area contributed by atoms with Crippen LogP contribution >= 0.6 is 0 Å². The van der Waals surface area contributed by atoms with E-state index in [0.29, 0.717) is 13.1 Å². The van der Waals surface area contributed by atoms with E-state index in [-0.39, 0.29) is 17.9 Å². The minimum atomic E-state index is 0.0538. The van der Waals surface area contributed by atoms with E-state index in [9.17, 15) is 4.79 Å². The number of rotatable bonds is 8. The number of amides is 1. The number of carbonyl (C=O) groups is 1. The molecule has 0 aromatic carbocycles. The summed E-state index contributed by atoms with van der Waals surface area (Å²) in [6.45, 7) is 7.30. The highest BCUT2D eigenvalue weighted by atomic mass is 16.1. The van der Waals surface area contributed by atoms with Crippen molar-refractivity contribution in [3.63, 3.8) is 0 Å². The average molecular weight is 266 g/mol. The Balaban J connectivity index is 2.16. The molecule has 0 aliphatic heterocycles. The lowest BCUT2D eigenvalue weighted by Crippen LogP contribution is -2.32. The maximum Gasteiger partial charge on any atom is 0.222 e. The van der Waals surface area contributed by atoms with Gasteiger partial charge in [-0.1, -0.05) is 13.3 Å². The van der Waals surface area contributed by atoms with Crippen molar-refractivity contribution in [2.24, 2.45) is 11.7 Å². The van der Waals surface area contributed by atoms with Gasteiger partial charge in [-0.25, -0.2) is 0 Å². The van der Waals surface area contributed by atoms with Gasteiger partial charge in [-0.05, 0) is 32.3 Å². The molecular formula is C14H26N4O. The molecule has 2 unspecified atom stereocenters. The fraction of sp³-hybridized carbons (Fsp3) is 0.714. The summed E-state index contributed by atoms with van der Waals surface area (Å²) >= 11 is 0. The lowest BCUT2D eigenvalue weighted by molar-refractivity contribution is -0.124. The van der Waals surface area contributed by atoms with E-state index in [4.69, 9.17) is 5.73 Å². The molecule has 1 rings (SSSR count). The Labute approximate surface area is 115 Å². The first-order chi connectivity index (χ1) is 8.99. The summed E-state index contributed by atoms with van der Waals surface area (Å²) in [5.41, 5.74) is 6.83. The molecule has 0 fully saturated rings. The van der Waals surface area contributed by atoms with Crippen molar-refractivity contribution in [2.45, 2.75) is 52.6 Å². The van der Waals surface area contributed by atoms with Crippen molar-refractivity contribution in [1.29, 1.82) is 0 Å². The fourth-order valence-corrected chi connectivity index (χ4v) is 1.93. The predicted molar refractivity (Wildman–Crippen MR) is 76.6 cm³/mol. The fourth-order valence-electron chi connectivity index (χ4n) is 1.93. The largest absolute Gasteiger partial charge is 0.354 e. The molecule has 1 aromatic heterocycles. The van der Waals surface area contributed by atoms with Crippen LogP contribution in [0.1, 0.15) is 38.7 Å². The van der Waals surface area contributed by atoms with Crippen LogP contribution in [0, 0.1) is 12.8 Å². The van der Waals surface area contributed by atoms with E-state index in [1.165, 1.54) is 0 Å². The Morgan fingerprint density at radius 2 is 2.21 bits per heavy atom. The summed E-state index contributed by atoms with van der Waals surface area (Å²) in [5, 5.41) is 7.13. The molecule has 1 amide bonds. The molecule has 0 saturated heterocycles. The lowest BCUT2D eigenvalue weighted by Gasteiger charge is -2.12. The molecule has 0 aliphatic carbocycles. The Morgan fingerprint density at radius 3 is 2.79 bits per heavy atom. The Bertz CT molecular complexity index is 387. The van der Waals surface area contributed by atoms with Crippen molar-refractivity contribution >= 4 is 5.91 Å². The van der Waals surface area contributed by atoms with Crippen LogP contribution in [0.3, 0.4) is 0 Å². The monoisotopic (exact) mass is 266 g/mol. The SMILES string of the molecule is Cc1cnn(CCNC(=O)C(C)CCCC(C)N)c1. The molecule has 0 saturated carbocycles. The van der Waals surface area contributed by atoms with E-state index in [0.717, 1.165) is 24.8 Å². The molecular weight excluding hydrogens is 240 g/mol. The van der Waals surface area contributed by atoms with Crippen LogP contribution in [-0.2, 0) is 11.3 Å². The van der Waals surface area contributed by atoms with Crippen molar-refractivity contribution in [3.8, 4) is 0 Å². The normalized spacial score (nSPS) is 14.1. The van der Waals surface area contributed by atoms with Gasteiger partial charge in [0, 0.05) is 24.7 Å². The van der Waals surface area contributed by atoms with Gasteiger partial charge in [0.05, 0.1) is 12.7 Å². The van der Waals surface area contributed by atoms with Gasteiger partial charge < -0.3 is 11.1 Å². The molecule has 3 N–H and O–H groups in total. The number of nitrogens with one attached hydrogen (secondary N) is 1. The van der Waals surface area contributed by atoms with Crippen LogP contribution in [0.5, 0.6) is 0 Å². The molecule has 0 radical (unpaired) electrons. The highest BCUT2D eigenvalue weighted by Crippen LogP contribution is 2.08. The van der Waals surface area contributed by atoms with Crippen LogP contribution < -0.4 is 11.1 Å². The van der Waals surface area contributed by atoms with Crippen LogP contribution in [0.25, 0.3) is 0 Å². The topological polar surface area (TPSA) is 72.9 Å². The molecule has 1 aromatic rings. The van der Waals surface area contributed by atoms with Crippen molar-refractivity contribution in [2.75, 3.05) is 6.54 Å². The second-order valence-electron chi connectivity index (χ2n) is 5.38. The maximum absolute atomic E-state index is 11.8. The van der Waals surface area contributed by atoms with Crippen molar-refractivity contribution in [1.82, 2.24) is 15.1 Å². The van der Waals surface area contributed by atoms with E-state index in [1.807, 2.05) is 37.8 Å². The third-order valence-corrected chi connectivity index (χ3v) is 3.15. The first-order valence-corrected chi connectivity index (χ1v) is 7.01. The van der Waals surface area contributed by atoms with Crippen LogP contribution in [-0.4, -0.2) is 28.3 Å². The number of hydrogen-bond acceptors (Lipinski definition) is 3. The molecule has 0 bridgehead atoms. The molecule has 1 heterocycles. The standard InChI is InChI=1S/C14H26N4O/c1-11-9-17-18(10-11)8-7-16-14(19)12(2)5-4-6-13(3)15/h9-10,12-13H,4-8,15H2,1-3H3,(H,16,19). The van der Waals surface area contributed by atoms with Gasteiger partial charge >= 0.3 is 0 Å². The van der Waals surface area contributed by atoms with Gasteiger partial charge in [-0.3, -0.25) is 9.48 Å². The van der Waals surface area contributed by atoms with Gasteiger partial charge in [0.1, 0.15) is 0 Å². The summed E-state index contributed by atoms with van der Waals surface area (Å²) in [7, 11) is 0. The zero-order chi connectivity index (χ0) is 14.3. The Hall–Kier alpha value is -1.36. The van der Waals surface area contributed by atoms with Crippen LogP contribution in [0.4, 0.5) is 0 Å². The zero-order valence-electron chi connectivity index (χ0n) is 12.2. The van der Waals surface area contributed by atoms with Gasteiger partial charge in [-0.2, -0.15) is 5.10 Å². The van der Waals surface area contributed by atoms with Crippen molar-refractivity contribution in [3.05, 3.63) is 18.0 Å². The van der Waals surface area contributed by atoms with Gasteiger partial charge in [0.15, 0.2) is 0 Å². The van der Waals surface area contributed by atoms with E-state index in [1.54, 1.807) is 0 Å². The molecule has 5 nitrogen and oxygen atoms in total. The first kappa shape index (κ1) is 15.7. The highest BCUT2D eigenvalue weighted by Gasteiger charge is 2.12. The number of nitrogens with zero attached hydrogens (tertiary/aromatic N) is 2. The third-order valence-electron chi connectivity index (χ3n) is 3.15. The third kappa shape index (κ3) is 6.38. The average Bonchev–Trinajstić information content (AvgIpc) is 2.74. The van der Waals surface area contributed by atoms with Gasteiger partial charge in [0.25, 0.3) is 0 Å². The van der Waals surface area contributed by atoms with Gasteiger partial charge in [-0.15, -0.1) is 0 Å². The number of carbonyl (C=O) groups excluding carboxylic acids is 1. The number of nitrogens with two attached hydrogens (primary N) is 1. The summed E-state index contributed by atoms with van der Waals surface area (Å²) in [6, 6.07) is 0.221. The molecule has 19 heavy (non-hydrogen) atoms.